The highest BCUT2D eigenvalue weighted by Crippen LogP contribution is 2.24. The minimum absolute atomic E-state index is 0.0642. The summed E-state index contributed by atoms with van der Waals surface area (Å²) in [7, 11) is 0. The topological polar surface area (TPSA) is 61.4 Å². The van der Waals surface area contributed by atoms with E-state index in [1.807, 2.05) is 4.90 Å². The molecule has 0 aromatic heterocycles. The predicted molar refractivity (Wildman–Crippen MR) is 66.9 cm³/mol. The molecular weight excluding hydrogens is 230 g/mol. The van der Waals surface area contributed by atoms with Crippen LogP contribution in [-0.2, 0) is 9.59 Å². The molecule has 2 amide bonds. The van der Waals surface area contributed by atoms with E-state index in [0.29, 0.717) is 6.04 Å². The van der Waals surface area contributed by atoms with Gasteiger partial charge in [-0.25, -0.2) is 0 Å². The summed E-state index contributed by atoms with van der Waals surface area (Å²) in [5.74, 6) is 0.321. The van der Waals surface area contributed by atoms with Gasteiger partial charge in [0.25, 0.3) is 0 Å². The fraction of sp³-hybridized carbons (Fsp3) is 0.846. The normalized spacial score (nSPS) is 31.7. The summed E-state index contributed by atoms with van der Waals surface area (Å²) in [5.41, 5.74) is 0. The van der Waals surface area contributed by atoms with Gasteiger partial charge in [0.15, 0.2) is 0 Å². The molecule has 0 spiro atoms. The highest BCUT2D eigenvalue weighted by molar-refractivity contribution is 5.89. The summed E-state index contributed by atoms with van der Waals surface area (Å²) in [6.07, 6.45) is 4.88. The zero-order chi connectivity index (χ0) is 12.5. The summed E-state index contributed by atoms with van der Waals surface area (Å²) in [5, 5.41) is 6.24. The molecule has 5 nitrogen and oxygen atoms in total. The molecule has 0 aromatic rings. The van der Waals surface area contributed by atoms with Crippen LogP contribution in [0, 0.1) is 5.92 Å². The van der Waals surface area contributed by atoms with Crippen LogP contribution in [0.5, 0.6) is 0 Å². The molecule has 3 rings (SSSR count). The number of carbonyl (C=O) groups excluding carboxylic acids is 2. The third-order valence-electron chi connectivity index (χ3n) is 4.17. The van der Waals surface area contributed by atoms with Gasteiger partial charge in [0.1, 0.15) is 6.04 Å². The smallest absolute Gasteiger partial charge is 0.243 e. The van der Waals surface area contributed by atoms with Crippen molar-refractivity contribution in [3.8, 4) is 0 Å². The van der Waals surface area contributed by atoms with Gasteiger partial charge in [-0.2, -0.15) is 0 Å². The largest absolute Gasteiger partial charge is 0.352 e. The quantitative estimate of drug-likeness (QED) is 0.734. The zero-order valence-corrected chi connectivity index (χ0v) is 10.7. The number of carbonyl (C=O) groups is 2. The molecule has 2 aliphatic heterocycles. The molecule has 2 heterocycles. The van der Waals surface area contributed by atoms with Gasteiger partial charge < -0.3 is 15.5 Å². The van der Waals surface area contributed by atoms with Crippen molar-refractivity contribution in [3.63, 3.8) is 0 Å². The molecule has 5 heteroatoms. The van der Waals surface area contributed by atoms with Crippen LogP contribution in [0.25, 0.3) is 0 Å². The maximum Gasteiger partial charge on any atom is 0.243 e. The Labute approximate surface area is 107 Å². The number of nitrogens with zero attached hydrogens (tertiary/aromatic N) is 1. The monoisotopic (exact) mass is 251 g/mol. The van der Waals surface area contributed by atoms with E-state index in [2.05, 4.69) is 10.6 Å². The lowest BCUT2D eigenvalue weighted by atomic mass is 10.1. The SMILES string of the molecule is O=C(NC1CC1)C1CCCN1C(=O)C1CCNC1. The maximum absolute atomic E-state index is 12.4. The average molecular weight is 251 g/mol. The molecule has 2 unspecified atom stereocenters. The van der Waals surface area contributed by atoms with Crippen molar-refractivity contribution >= 4 is 11.8 Å². The lowest BCUT2D eigenvalue weighted by molar-refractivity contribution is -0.141. The molecule has 3 fully saturated rings. The van der Waals surface area contributed by atoms with Crippen LogP contribution in [0.15, 0.2) is 0 Å². The molecule has 0 radical (unpaired) electrons. The van der Waals surface area contributed by atoms with Crippen LogP contribution in [0.2, 0.25) is 0 Å². The first-order valence-electron chi connectivity index (χ1n) is 7.07. The van der Waals surface area contributed by atoms with Crippen molar-refractivity contribution in [2.75, 3.05) is 19.6 Å². The third kappa shape index (κ3) is 2.36. The van der Waals surface area contributed by atoms with E-state index >= 15 is 0 Å². The lowest BCUT2D eigenvalue weighted by Crippen LogP contribution is -2.48. The van der Waals surface area contributed by atoms with Crippen LogP contribution in [0.4, 0.5) is 0 Å². The van der Waals surface area contributed by atoms with E-state index in [1.54, 1.807) is 0 Å². The number of amides is 2. The van der Waals surface area contributed by atoms with Crippen molar-refractivity contribution in [2.24, 2.45) is 5.92 Å². The first-order valence-corrected chi connectivity index (χ1v) is 7.07. The summed E-state index contributed by atoms with van der Waals surface area (Å²) in [6.45, 7) is 2.44. The highest BCUT2D eigenvalue weighted by Gasteiger charge is 2.39. The van der Waals surface area contributed by atoms with Gasteiger partial charge in [0.2, 0.25) is 11.8 Å². The Bertz CT molecular complexity index is 348. The van der Waals surface area contributed by atoms with Crippen molar-refractivity contribution in [1.29, 1.82) is 0 Å². The minimum atomic E-state index is -0.210. The predicted octanol–water partition coefficient (Wildman–Crippen LogP) is -0.134. The maximum atomic E-state index is 12.4. The number of hydrogen-bond donors (Lipinski definition) is 2. The van der Waals surface area contributed by atoms with Crippen LogP contribution < -0.4 is 10.6 Å². The number of hydrogen-bond acceptors (Lipinski definition) is 3. The molecule has 2 N–H and O–H groups in total. The molecule has 0 bridgehead atoms. The Kier molecular flexibility index (Phi) is 3.24. The van der Waals surface area contributed by atoms with Gasteiger partial charge in [-0.1, -0.05) is 0 Å². The van der Waals surface area contributed by atoms with E-state index < -0.39 is 0 Å². The Morgan fingerprint density at radius 2 is 2.00 bits per heavy atom. The van der Waals surface area contributed by atoms with Gasteiger partial charge in [0.05, 0.1) is 5.92 Å². The summed E-state index contributed by atoms with van der Waals surface area (Å²) in [4.78, 5) is 26.3. The van der Waals surface area contributed by atoms with Crippen LogP contribution in [-0.4, -0.2) is 48.4 Å². The molecule has 2 saturated heterocycles. The molecule has 1 aliphatic carbocycles. The number of likely N-dealkylation sites (tertiary alicyclic amines) is 1. The summed E-state index contributed by atoms with van der Waals surface area (Å²) >= 11 is 0. The van der Waals surface area contributed by atoms with Gasteiger partial charge in [0, 0.05) is 19.1 Å². The first-order chi connectivity index (χ1) is 8.75. The average Bonchev–Trinajstić information content (AvgIpc) is 2.91. The van der Waals surface area contributed by atoms with Crippen molar-refractivity contribution in [3.05, 3.63) is 0 Å². The van der Waals surface area contributed by atoms with E-state index in [-0.39, 0.29) is 23.8 Å². The van der Waals surface area contributed by atoms with Crippen LogP contribution >= 0.6 is 0 Å². The molecule has 3 aliphatic rings. The number of nitrogens with one attached hydrogen (secondary N) is 2. The molecule has 2 atom stereocenters. The van der Waals surface area contributed by atoms with Gasteiger partial charge >= 0.3 is 0 Å². The van der Waals surface area contributed by atoms with E-state index in [9.17, 15) is 9.59 Å². The van der Waals surface area contributed by atoms with Crippen LogP contribution in [0.1, 0.15) is 32.1 Å². The van der Waals surface area contributed by atoms with Crippen molar-refractivity contribution in [2.45, 2.75) is 44.2 Å². The standard InChI is InChI=1S/C13H21N3O2/c17-12(15-10-3-4-10)11-2-1-7-16(11)13(18)9-5-6-14-8-9/h9-11,14H,1-8H2,(H,15,17). The van der Waals surface area contributed by atoms with E-state index in [4.69, 9.17) is 0 Å². The number of rotatable bonds is 3. The van der Waals surface area contributed by atoms with E-state index in [0.717, 1.165) is 51.7 Å². The Balaban J connectivity index is 1.62. The van der Waals surface area contributed by atoms with Crippen molar-refractivity contribution < 1.29 is 9.59 Å². The molecule has 1 saturated carbocycles. The minimum Gasteiger partial charge on any atom is -0.352 e. The van der Waals surface area contributed by atoms with Gasteiger partial charge in [-0.3, -0.25) is 9.59 Å². The molecule has 18 heavy (non-hydrogen) atoms. The lowest BCUT2D eigenvalue weighted by Gasteiger charge is -2.26. The summed E-state index contributed by atoms with van der Waals surface area (Å²) in [6, 6.07) is 0.168. The Morgan fingerprint density at radius 3 is 2.67 bits per heavy atom. The third-order valence-corrected chi connectivity index (χ3v) is 4.17. The van der Waals surface area contributed by atoms with Gasteiger partial charge in [-0.15, -0.1) is 0 Å². The zero-order valence-electron chi connectivity index (χ0n) is 10.7. The second-order valence-corrected chi connectivity index (χ2v) is 5.66. The van der Waals surface area contributed by atoms with Gasteiger partial charge in [-0.05, 0) is 38.6 Å². The van der Waals surface area contributed by atoms with Crippen molar-refractivity contribution in [1.82, 2.24) is 15.5 Å². The Morgan fingerprint density at radius 1 is 1.17 bits per heavy atom. The first kappa shape index (κ1) is 12.0. The second kappa shape index (κ2) is 4.88. The fourth-order valence-corrected chi connectivity index (χ4v) is 2.93. The van der Waals surface area contributed by atoms with E-state index in [1.165, 1.54) is 0 Å². The fourth-order valence-electron chi connectivity index (χ4n) is 2.93. The second-order valence-electron chi connectivity index (χ2n) is 5.66. The summed E-state index contributed by atoms with van der Waals surface area (Å²) < 4.78 is 0. The molecule has 0 aromatic carbocycles. The highest BCUT2D eigenvalue weighted by atomic mass is 16.2. The van der Waals surface area contributed by atoms with Crippen LogP contribution in [0.3, 0.4) is 0 Å². The molecular formula is C13H21N3O2. The Hall–Kier alpha value is -1.10. The molecule has 100 valence electrons.